The Balaban J connectivity index is 2.47. The molecule has 0 radical (unpaired) electrons. The third-order valence-electron chi connectivity index (χ3n) is 3.47. The van der Waals surface area contributed by atoms with Crippen molar-refractivity contribution >= 4 is 11.9 Å². The highest BCUT2D eigenvalue weighted by molar-refractivity contribution is 5.84. The van der Waals surface area contributed by atoms with Crippen LogP contribution in [0.25, 0.3) is 0 Å². The van der Waals surface area contributed by atoms with Crippen molar-refractivity contribution in [3.63, 3.8) is 0 Å². The van der Waals surface area contributed by atoms with Crippen LogP contribution in [0.5, 0.6) is 0 Å². The largest absolute Gasteiger partial charge is 0.459 e. The van der Waals surface area contributed by atoms with Crippen LogP contribution in [0.2, 0.25) is 0 Å². The van der Waals surface area contributed by atoms with E-state index in [0.29, 0.717) is 6.42 Å². The standard InChI is InChI=1S/C18H27NO3/c1-4-5-7-12-16(20)19-17(14(2)3)18(21)22-13-15-10-8-6-9-11-15/h6,8-11,14,17H,4-5,7,12-13H2,1-3H3,(H,19,20)/t17-/m0/s1. The summed E-state index contributed by atoms with van der Waals surface area (Å²) in [5.74, 6) is -0.454. The number of carbonyl (C=O) groups is 2. The van der Waals surface area contributed by atoms with E-state index in [4.69, 9.17) is 4.74 Å². The maximum absolute atomic E-state index is 12.2. The van der Waals surface area contributed by atoms with Gasteiger partial charge in [-0.05, 0) is 17.9 Å². The zero-order valence-corrected chi connectivity index (χ0v) is 13.8. The number of unbranched alkanes of at least 4 members (excludes halogenated alkanes) is 2. The van der Waals surface area contributed by atoms with Gasteiger partial charge in [0.05, 0.1) is 0 Å². The Bertz CT molecular complexity index is 457. The Morgan fingerprint density at radius 3 is 2.41 bits per heavy atom. The van der Waals surface area contributed by atoms with Crippen LogP contribution in [-0.4, -0.2) is 17.9 Å². The van der Waals surface area contributed by atoms with E-state index in [0.717, 1.165) is 24.8 Å². The van der Waals surface area contributed by atoms with Gasteiger partial charge in [0.25, 0.3) is 0 Å². The highest BCUT2D eigenvalue weighted by atomic mass is 16.5. The average Bonchev–Trinajstić information content (AvgIpc) is 2.51. The molecule has 122 valence electrons. The van der Waals surface area contributed by atoms with Gasteiger partial charge in [-0.2, -0.15) is 0 Å². The average molecular weight is 305 g/mol. The quantitative estimate of drug-likeness (QED) is 0.561. The molecular formula is C18H27NO3. The van der Waals surface area contributed by atoms with Crippen LogP contribution in [0.1, 0.15) is 52.0 Å². The summed E-state index contributed by atoms with van der Waals surface area (Å²) in [4.78, 5) is 24.1. The van der Waals surface area contributed by atoms with Gasteiger partial charge in [-0.15, -0.1) is 0 Å². The first-order chi connectivity index (χ1) is 10.5. The van der Waals surface area contributed by atoms with E-state index in [9.17, 15) is 9.59 Å². The third-order valence-corrected chi connectivity index (χ3v) is 3.47. The number of benzene rings is 1. The van der Waals surface area contributed by atoms with Crippen LogP contribution in [0, 0.1) is 5.92 Å². The number of hydrogen-bond acceptors (Lipinski definition) is 3. The molecule has 1 aromatic carbocycles. The van der Waals surface area contributed by atoms with Gasteiger partial charge >= 0.3 is 5.97 Å². The maximum atomic E-state index is 12.2. The predicted octanol–water partition coefficient (Wildman–Crippen LogP) is 3.45. The normalized spacial score (nSPS) is 12.0. The highest BCUT2D eigenvalue weighted by Crippen LogP contribution is 2.08. The van der Waals surface area contributed by atoms with Crippen LogP contribution >= 0.6 is 0 Å². The summed E-state index contributed by atoms with van der Waals surface area (Å²) in [6.07, 6.45) is 3.41. The minimum absolute atomic E-state index is 0.00148. The van der Waals surface area contributed by atoms with Crippen LogP contribution in [0.15, 0.2) is 30.3 Å². The third kappa shape index (κ3) is 6.74. The number of hydrogen-bond donors (Lipinski definition) is 1. The summed E-state index contributed by atoms with van der Waals surface area (Å²) in [5.41, 5.74) is 0.938. The second-order valence-electron chi connectivity index (χ2n) is 5.84. The monoisotopic (exact) mass is 305 g/mol. The molecule has 0 unspecified atom stereocenters. The molecule has 1 atom stereocenters. The van der Waals surface area contributed by atoms with Crippen LogP contribution in [0.3, 0.4) is 0 Å². The van der Waals surface area contributed by atoms with Crippen molar-refractivity contribution in [1.82, 2.24) is 5.32 Å². The second kappa shape index (κ2) is 9.98. The van der Waals surface area contributed by atoms with Gasteiger partial charge in [0.2, 0.25) is 5.91 Å². The van der Waals surface area contributed by atoms with Crippen LogP contribution < -0.4 is 5.32 Å². The highest BCUT2D eigenvalue weighted by Gasteiger charge is 2.25. The number of carbonyl (C=O) groups excluding carboxylic acids is 2. The van der Waals surface area contributed by atoms with Gasteiger partial charge in [-0.1, -0.05) is 63.9 Å². The smallest absolute Gasteiger partial charge is 0.329 e. The van der Waals surface area contributed by atoms with Gasteiger partial charge in [0.1, 0.15) is 12.6 Å². The first-order valence-electron chi connectivity index (χ1n) is 8.04. The fraction of sp³-hybridized carbons (Fsp3) is 0.556. The summed E-state index contributed by atoms with van der Waals surface area (Å²) in [7, 11) is 0. The topological polar surface area (TPSA) is 55.4 Å². The minimum Gasteiger partial charge on any atom is -0.459 e. The Hall–Kier alpha value is -1.84. The number of esters is 1. The molecule has 1 rings (SSSR count). The zero-order valence-electron chi connectivity index (χ0n) is 13.8. The molecule has 4 nitrogen and oxygen atoms in total. The Morgan fingerprint density at radius 1 is 1.14 bits per heavy atom. The second-order valence-corrected chi connectivity index (χ2v) is 5.84. The predicted molar refractivity (Wildman–Crippen MR) is 87.1 cm³/mol. The summed E-state index contributed by atoms with van der Waals surface area (Å²) in [5, 5.41) is 2.80. The lowest BCUT2D eigenvalue weighted by atomic mass is 10.0. The SMILES string of the molecule is CCCCCC(=O)N[C@H](C(=O)OCc1ccccc1)C(C)C. The minimum atomic E-state index is -0.585. The van der Waals surface area contributed by atoms with Gasteiger partial charge in [0, 0.05) is 6.42 Å². The lowest BCUT2D eigenvalue weighted by molar-refractivity contribution is -0.150. The van der Waals surface area contributed by atoms with Crippen molar-refractivity contribution in [2.45, 2.75) is 59.1 Å². The van der Waals surface area contributed by atoms with Crippen LogP contribution in [-0.2, 0) is 20.9 Å². The van der Waals surface area contributed by atoms with E-state index in [2.05, 4.69) is 12.2 Å². The number of nitrogens with one attached hydrogen (secondary N) is 1. The van der Waals surface area contributed by atoms with Gasteiger partial charge < -0.3 is 10.1 Å². The molecule has 22 heavy (non-hydrogen) atoms. The van der Waals surface area contributed by atoms with Crippen molar-refractivity contribution in [3.05, 3.63) is 35.9 Å². The Kier molecular flexibility index (Phi) is 8.26. The van der Waals surface area contributed by atoms with E-state index in [1.165, 1.54) is 0 Å². The van der Waals surface area contributed by atoms with Crippen molar-refractivity contribution in [2.75, 3.05) is 0 Å². The van der Waals surface area contributed by atoms with E-state index < -0.39 is 6.04 Å². The Morgan fingerprint density at radius 2 is 1.82 bits per heavy atom. The molecule has 0 bridgehead atoms. The molecule has 0 aliphatic heterocycles. The molecule has 0 fully saturated rings. The van der Waals surface area contributed by atoms with Crippen LogP contribution in [0.4, 0.5) is 0 Å². The molecule has 0 saturated carbocycles. The van der Waals surface area contributed by atoms with E-state index in [-0.39, 0.29) is 24.4 Å². The molecule has 1 aromatic rings. The number of rotatable bonds is 9. The van der Waals surface area contributed by atoms with E-state index in [1.807, 2.05) is 44.2 Å². The zero-order chi connectivity index (χ0) is 16.4. The molecule has 4 heteroatoms. The molecule has 0 spiro atoms. The Labute approximate surface area is 133 Å². The molecule has 1 N–H and O–H groups in total. The summed E-state index contributed by atoms with van der Waals surface area (Å²) in [6.45, 7) is 6.13. The fourth-order valence-corrected chi connectivity index (χ4v) is 2.10. The van der Waals surface area contributed by atoms with Gasteiger partial charge in [-0.3, -0.25) is 4.79 Å². The van der Waals surface area contributed by atoms with E-state index in [1.54, 1.807) is 0 Å². The van der Waals surface area contributed by atoms with Gasteiger partial charge in [0.15, 0.2) is 0 Å². The molecule has 1 amide bonds. The van der Waals surface area contributed by atoms with Crippen molar-refractivity contribution in [3.8, 4) is 0 Å². The summed E-state index contributed by atoms with van der Waals surface area (Å²) in [6, 6.07) is 8.94. The molecule has 0 aromatic heterocycles. The summed E-state index contributed by atoms with van der Waals surface area (Å²) < 4.78 is 5.32. The first kappa shape index (κ1) is 18.2. The first-order valence-corrected chi connectivity index (χ1v) is 8.04. The van der Waals surface area contributed by atoms with Crippen molar-refractivity contribution < 1.29 is 14.3 Å². The molecule has 0 aliphatic carbocycles. The van der Waals surface area contributed by atoms with Crippen molar-refractivity contribution in [2.24, 2.45) is 5.92 Å². The molecular weight excluding hydrogens is 278 g/mol. The van der Waals surface area contributed by atoms with Gasteiger partial charge in [-0.25, -0.2) is 4.79 Å². The van der Waals surface area contributed by atoms with E-state index >= 15 is 0 Å². The fourth-order valence-electron chi connectivity index (χ4n) is 2.10. The maximum Gasteiger partial charge on any atom is 0.329 e. The lowest BCUT2D eigenvalue weighted by Crippen LogP contribution is -2.45. The summed E-state index contributed by atoms with van der Waals surface area (Å²) >= 11 is 0. The van der Waals surface area contributed by atoms with Crippen molar-refractivity contribution in [1.29, 1.82) is 0 Å². The molecule has 0 aliphatic rings. The molecule has 0 saturated heterocycles. The number of amides is 1. The number of ether oxygens (including phenoxy) is 1. The molecule has 0 heterocycles. The lowest BCUT2D eigenvalue weighted by Gasteiger charge is -2.21.